The van der Waals surface area contributed by atoms with E-state index in [1.807, 2.05) is 30.0 Å². The number of fused-ring (bicyclic) bond motifs is 2. The second-order valence-corrected chi connectivity index (χ2v) is 8.27. The molecular formula is C21H27N7O2. The number of aryl methyl sites for hydroxylation is 2. The molecule has 1 aliphatic heterocycles. The highest BCUT2D eigenvalue weighted by molar-refractivity contribution is 6.01. The fourth-order valence-electron chi connectivity index (χ4n) is 4.79. The number of anilines is 1. The summed E-state index contributed by atoms with van der Waals surface area (Å²) in [5.74, 6) is 1.91. The number of benzene rings is 1. The smallest absolute Gasteiger partial charge is 0.323 e. The minimum atomic E-state index is -0.534. The summed E-state index contributed by atoms with van der Waals surface area (Å²) < 4.78 is 5.50. The van der Waals surface area contributed by atoms with Crippen molar-refractivity contribution in [2.45, 2.75) is 51.6 Å². The summed E-state index contributed by atoms with van der Waals surface area (Å²) >= 11 is 0. The van der Waals surface area contributed by atoms with Gasteiger partial charge >= 0.3 is 6.03 Å². The number of rotatable bonds is 4. The van der Waals surface area contributed by atoms with Crippen molar-refractivity contribution in [1.82, 2.24) is 15.0 Å². The van der Waals surface area contributed by atoms with Gasteiger partial charge in [-0.25, -0.2) is 9.79 Å². The molecule has 2 aromatic rings. The van der Waals surface area contributed by atoms with Crippen molar-refractivity contribution >= 4 is 17.6 Å². The summed E-state index contributed by atoms with van der Waals surface area (Å²) in [6.07, 6.45) is 5.36. The number of amides is 2. The molecule has 1 aliphatic carbocycles. The normalized spacial score (nSPS) is 26.0. The molecule has 2 amide bonds. The average molecular weight is 409 g/mol. The van der Waals surface area contributed by atoms with Crippen LogP contribution < -0.4 is 16.8 Å². The first-order chi connectivity index (χ1) is 14.3. The molecule has 3 atom stereocenters. The van der Waals surface area contributed by atoms with Crippen LogP contribution in [0, 0.1) is 19.8 Å². The molecule has 0 spiro atoms. The summed E-state index contributed by atoms with van der Waals surface area (Å²) in [5.41, 5.74) is 13.2. The van der Waals surface area contributed by atoms with E-state index >= 15 is 0 Å². The van der Waals surface area contributed by atoms with Crippen LogP contribution in [0.5, 0.6) is 0 Å². The van der Waals surface area contributed by atoms with Crippen LogP contribution >= 0.6 is 0 Å². The summed E-state index contributed by atoms with van der Waals surface area (Å²) in [4.78, 5) is 23.7. The molecule has 1 aromatic carbocycles. The Morgan fingerprint density at radius 2 is 2.20 bits per heavy atom. The Morgan fingerprint density at radius 1 is 1.40 bits per heavy atom. The van der Waals surface area contributed by atoms with Gasteiger partial charge in [-0.3, -0.25) is 0 Å². The molecule has 2 heterocycles. The number of carbonyl (C=O) groups excluding carboxylic acids is 1. The predicted octanol–water partition coefficient (Wildman–Crippen LogP) is 2.75. The Kier molecular flexibility index (Phi) is 4.97. The van der Waals surface area contributed by atoms with Crippen LogP contribution in [0.2, 0.25) is 0 Å². The number of hydrogen-bond donors (Lipinski definition) is 3. The van der Waals surface area contributed by atoms with Gasteiger partial charge in [0.05, 0.1) is 0 Å². The van der Waals surface area contributed by atoms with Crippen LogP contribution in [0.4, 0.5) is 10.5 Å². The number of nitrogens with two attached hydrogens (primary N) is 2. The number of aliphatic imine (C=N–C) groups is 1. The molecule has 9 nitrogen and oxygen atoms in total. The largest absolute Gasteiger partial charge is 0.403 e. The Hall–Kier alpha value is -3.36. The molecular weight excluding hydrogens is 382 g/mol. The number of hydrogen-bond acceptors (Lipinski definition) is 6. The number of nitrogens with zero attached hydrogens (tertiary/aromatic N) is 4. The number of carbonyl (C=O) groups is 1. The van der Waals surface area contributed by atoms with Crippen LogP contribution in [0.1, 0.15) is 49.0 Å². The maximum absolute atomic E-state index is 13.3. The highest BCUT2D eigenvalue weighted by Gasteiger charge is 2.62. The Labute approximate surface area is 175 Å². The van der Waals surface area contributed by atoms with Crippen molar-refractivity contribution in [3.63, 3.8) is 0 Å². The van der Waals surface area contributed by atoms with Crippen LogP contribution in [-0.2, 0) is 5.54 Å². The summed E-state index contributed by atoms with van der Waals surface area (Å²) in [6.45, 7) is 5.92. The van der Waals surface area contributed by atoms with Crippen molar-refractivity contribution in [2.24, 2.45) is 22.4 Å². The fourth-order valence-corrected chi connectivity index (χ4v) is 4.79. The highest BCUT2D eigenvalue weighted by atomic mass is 16.5. The summed E-state index contributed by atoms with van der Waals surface area (Å²) in [7, 11) is 0. The van der Waals surface area contributed by atoms with Gasteiger partial charge in [0.2, 0.25) is 0 Å². The van der Waals surface area contributed by atoms with Crippen LogP contribution in [0.3, 0.4) is 0 Å². The lowest BCUT2D eigenvalue weighted by Crippen LogP contribution is -2.70. The van der Waals surface area contributed by atoms with E-state index in [4.69, 9.17) is 16.0 Å². The van der Waals surface area contributed by atoms with E-state index in [1.54, 1.807) is 6.92 Å². The first kappa shape index (κ1) is 19.9. The molecule has 1 saturated carbocycles. The van der Waals surface area contributed by atoms with Gasteiger partial charge in [-0.15, -0.1) is 0 Å². The third-order valence-corrected chi connectivity index (χ3v) is 5.97. The zero-order valence-electron chi connectivity index (χ0n) is 17.4. The SMILES string of the molecule is Cc1noc(C23CC(C[C@@H](C)C2)N3C(=O)Nc2ccc(C)c(C(N)=N/C=C\N)c2)n1. The third kappa shape index (κ3) is 3.30. The van der Waals surface area contributed by atoms with E-state index in [0.29, 0.717) is 29.2 Å². The maximum atomic E-state index is 13.3. The van der Waals surface area contributed by atoms with Crippen molar-refractivity contribution in [2.75, 3.05) is 5.32 Å². The minimum absolute atomic E-state index is 0.159. The summed E-state index contributed by atoms with van der Waals surface area (Å²) in [6, 6.07) is 5.55. The maximum Gasteiger partial charge on any atom is 0.323 e. The van der Waals surface area contributed by atoms with E-state index in [9.17, 15) is 4.79 Å². The molecule has 30 heavy (non-hydrogen) atoms. The number of aromatic nitrogens is 2. The number of amidine groups is 1. The molecule has 1 saturated heterocycles. The van der Waals surface area contributed by atoms with Gasteiger partial charge in [0, 0.05) is 36.1 Å². The minimum Gasteiger partial charge on any atom is -0.403 e. The van der Waals surface area contributed by atoms with E-state index < -0.39 is 5.54 Å². The van der Waals surface area contributed by atoms with Crippen LogP contribution in [0.25, 0.3) is 0 Å². The number of likely N-dealkylation sites (tertiary alicyclic amines) is 1. The monoisotopic (exact) mass is 409 g/mol. The molecule has 9 heteroatoms. The van der Waals surface area contributed by atoms with Gasteiger partial charge in [0.15, 0.2) is 5.82 Å². The average Bonchev–Trinajstić information content (AvgIpc) is 3.13. The molecule has 4 rings (SSSR count). The standard InChI is InChI=1S/C21H27N7O2/c1-12-8-16-11-21(10-12,19-25-14(3)27-30-19)28(16)20(29)26-15-5-4-13(2)17(9-15)18(23)24-7-6-22/h4-7,9,12,16H,8,10-11,22H2,1-3H3,(H2,23,24)(H,26,29)/b7-6-/t12-,16?,21?/m1/s1. The van der Waals surface area contributed by atoms with Crippen LogP contribution in [-0.4, -0.2) is 32.9 Å². The van der Waals surface area contributed by atoms with Gasteiger partial charge in [0.1, 0.15) is 11.4 Å². The first-order valence-corrected chi connectivity index (χ1v) is 10.1. The highest BCUT2D eigenvalue weighted by Crippen LogP contribution is 2.55. The zero-order valence-corrected chi connectivity index (χ0v) is 17.4. The van der Waals surface area contributed by atoms with Gasteiger partial charge in [-0.05, 0) is 50.3 Å². The van der Waals surface area contributed by atoms with Gasteiger partial charge in [0.25, 0.3) is 5.89 Å². The van der Waals surface area contributed by atoms with E-state index in [2.05, 4.69) is 27.4 Å². The molecule has 2 unspecified atom stereocenters. The second kappa shape index (κ2) is 7.47. The van der Waals surface area contributed by atoms with Gasteiger partial charge in [-0.1, -0.05) is 18.1 Å². The Bertz CT molecular complexity index is 1030. The third-order valence-electron chi connectivity index (χ3n) is 5.97. The van der Waals surface area contributed by atoms with Crippen molar-refractivity contribution in [3.05, 3.63) is 53.4 Å². The quantitative estimate of drug-likeness (QED) is 0.525. The zero-order chi connectivity index (χ0) is 21.5. The van der Waals surface area contributed by atoms with Crippen LogP contribution in [0.15, 0.2) is 40.1 Å². The summed E-state index contributed by atoms with van der Waals surface area (Å²) in [5, 5.41) is 6.95. The number of nitrogens with one attached hydrogen (secondary N) is 1. The lowest BCUT2D eigenvalue weighted by atomic mass is 9.64. The predicted molar refractivity (Wildman–Crippen MR) is 114 cm³/mol. The van der Waals surface area contributed by atoms with E-state index in [-0.39, 0.29) is 12.1 Å². The van der Waals surface area contributed by atoms with Gasteiger partial charge < -0.3 is 26.2 Å². The van der Waals surface area contributed by atoms with Crippen molar-refractivity contribution in [3.8, 4) is 0 Å². The Balaban J connectivity index is 1.59. The van der Waals surface area contributed by atoms with E-state index in [0.717, 1.165) is 30.4 Å². The first-order valence-electron chi connectivity index (χ1n) is 10.1. The molecule has 2 aliphatic rings. The lowest BCUT2D eigenvalue weighted by Gasteiger charge is -2.61. The second-order valence-electron chi connectivity index (χ2n) is 8.27. The van der Waals surface area contributed by atoms with Crippen molar-refractivity contribution in [1.29, 1.82) is 0 Å². The fraction of sp³-hybridized carbons (Fsp3) is 0.429. The molecule has 1 aromatic heterocycles. The van der Waals surface area contributed by atoms with Crippen molar-refractivity contribution < 1.29 is 9.32 Å². The Morgan fingerprint density at radius 3 is 2.90 bits per heavy atom. The molecule has 158 valence electrons. The number of piperidine rings is 1. The molecule has 2 fully saturated rings. The topological polar surface area (TPSA) is 136 Å². The molecule has 5 N–H and O–H groups in total. The molecule has 0 radical (unpaired) electrons. The lowest BCUT2D eigenvalue weighted by molar-refractivity contribution is -0.111. The van der Waals surface area contributed by atoms with E-state index in [1.165, 1.54) is 12.4 Å². The molecule has 2 bridgehead atoms. The number of urea groups is 1. The van der Waals surface area contributed by atoms with Gasteiger partial charge in [-0.2, -0.15) is 4.98 Å².